The van der Waals surface area contributed by atoms with Gasteiger partial charge < -0.3 is 0 Å². The van der Waals surface area contributed by atoms with Crippen LogP contribution in [0.3, 0.4) is 0 Å². The Balaban J connectivity index is 1.42. The van der Waals surface area contributed by atoms with E-state index < -0.39 is 0 Å². The maximum absolute atomic E-state index is 4.64. The third-order valence-corrected chi connectivity index (χ3v) is 5.91. The van der Waals surface area contributed by atoms with Gasteiger partial charge in [-0.15, -0.1) is 0 Å². The standard InChI is InChI=1S/C17H19N3/c1-2-5-11(6-3-1)10-20-17-15-9-14(16(17)18-19-20)12-7-4-8-13(12)15/h1-6,8,12-17H,7,9-10H2/t12-,13-,14-,15+,16-,17-/m0/s1. The normalized spacial score (nSPS) is 43.3. The van der Waals surface area contributed by atoms with Crippen LogP contribution in [0.5, 0.6) is 0 Å². The van der Waals surface area contributed by atoms with E-state index in [2.05, 4.69) is 57.8 Å². The first-order valence-corrected chi connectivity index (χ1v) is 7.80. The molecule has 0 radical (unpaired) electrons. The summed E-state index contributed by atoms with van der Waals surface area (Å²) in [7, 11) is 0. The quantitative estimate of drug-likeness (QED) is 0.753. The summed E-state index contributed by atoms with van der Waals surface area (Å²) in [5.41, 5.74) is 1.34. The Hall–Kier alpha value is -1.64. The molecule has 4 aliphatic rings. The van der Waals surface area contributed by atoms with Crippen LogP contribution in [0.1, 0.15) is 18.4 Å². The van der Waals surface area contributed by atoms with E-state index in [0.29, 0.717) is 12.1 Å². The smallest absolute Gasteiger partial charge is 0.0983 e. The molecule has 1 aromatic rings. The molecule has 2 bridgehead atoms. The molecule has 5 rings (SSSR count). The number of nitrogens with zero attached hydrogens (tertiary/aromatic N) is 3. The number of rotatable bonds is 2. The Morgan fingerprint density at radius 1 is 1.10 bits per heavy atom. The molecule has 102 valence electrons. The molecule has 0 unspecified atom stereocenters. The lowest BCUT2D eigenvalue weighted by molar-refractivity contribution is 0.119. The van der Waals surface area contributed by atoms with Crippen molar-refractivity contribution in [3.05, 3.63) is 48.0 Å². The minimum absolute atomic E-state index is 0.477. The van der Waals surface area contributed by atoms with Gasteiger partial charge in [0.25, 0.3) is 0 Å². The molecule has 3 heteroatoms. The highest BCUT2D eigenvalue weighted by molar-refractivity contribution is 5.22. The number of hydrogen-bond acceptors (Lipinski definition) is 3. The molecule has 0 aromatic heterocycles. The van der Waals surface area contributed by atoms with Crippen LogP contribution in [0.4, 0.5) is 0 Å². The van der Waals surface area contributed by atoms with Gasteiger partial charge in [-0.05, 0) is 42.1 Å². The Kier molecular flexibility index (Phi) is 2.18. The fourth-order valence-electron chi connectivity index (χ4n) is 5.17. The van der Waals surface area contributed by atoms with Gasteiger partial charge in [-0.1, -0.05) is 47.7 Å². The van der Waals surface area contributed by atoms with Gasteiger partial charge in [0, 0.05) is 0 Å². The van der Waals surface area contributed by atoms with Crippen molar-refractivity contribution >= 4 is 0 Å². The lowest BCUT2D eigenvalue weighted by atomic mass is 9.76. The molecular formula is C17H19N3. The van der Waals surface area contributed by atoms with Crippen molar-refractivity contribution in [2.24, 2.45) is 34.0 Å². The van der Waals surface area contributed by atoms with E-state index in [0.717, 1.165) is 30.2 Å². The predicted molar refractivity (Wildman–Crippen MR) is 76.8 cm³/mol. The van der Waals surface area contributed by atoms with Crippen LogP contribution in [-0.4, -0.2) is 17.1 Å². The van der Waals surface area contributed by atoms with Crippen LogP contribution >= 0.6 is 0 Å². The van der Waals surface area contributed by atoms with Crippen molar-refractivity contribution in [1.29, 1.82) is 0 Å². The van der Waals surface area contributed by atoms with Crippen LogP contribution < -0.4 is 0 Å². The van der Waals surface area contributed by atoms with E-state index in [4.69, 9.17) is 0 Å². The summed E-state index contributed by atoms with van der Waals surface area (Å²) in [6.07, 6.45) is 7.53. The summed E-state index contributed by atoms with van der Waals surface area (Å²) in [5, 5.41) is 11.4. The summed E-state index contributed by atoms with van der Waals surface area (Å²) in [5.74, 6) is 3.25. The number of benzene rings is 1. The molecule has 0 spiro atoms. The fraction of sp³-hybridized carbons (Fsp3) is 0.529. The van der Waals surface area contributed by atoms with Crippen molar-refractivity contribution in [3.63, 3.8) is 0 Å². The van der Waals surface area contributed by atoms with E-state index >= 15 is 0 Å². The van der Waals surface area contributed by atoms with Crippen LogP contribution in [0.15, 0.2) is 52.8 Å². The molecule has 6 atom stereocenters. The first kappa shape index (κ1) is 11.1. The Bertz CT molecular complexity index is 579. The second-order valence-corrected chi connectivity index (χ2v) is 6.74. The fourth-order valence-corrected chi connectivity index (χ4v) is 5.17. The largest absolute Gasteiger partial charge is 0.269 e. The highest BCUT2D eigenvalue weighted by atomic mass is 15.6. The van der Waals surface area contributed by atoms with Gasteiger partial charge in [-0.25, -0.2) is 0 Å². The van der Waals surface area contributed by atoms with E-state index in [1.165, 1.54) is 18.4 Å². The predicted octanol–water partition coefficient (Wildman–Crippen LogP) is 3.45. The second kappa shape index (κ2) is 3.94. The summed E-state index contributed by atoms with van der Waals surface area (Å²) >= 11 is 0. The molecule has 1 aliphatic heterocycles. The van der Waals surface area contributed by atoms with Gasteiger partial charge in [-0.2, -0.15) is 5.11 Å². The molecule has 0 amide bonds. The van der Waals surface area contributed by atoms with Crippen LogP contribution in [0.25, 0.3) is 0 Å². The summed E-state index contributed by atoms with van der Waals surface area (Å²) < 4.78 is 0. The van der Waals surface area contributed by atoms with Gasteiger partial charge in [0.2, 0.25) is 0 Å². The molecule has 2 fully saturated rings. The van der Waals surface area contributed by atoms with Gasteiger partial charge >= 0.3 is 0 Å². The maximum Gasteiger partial charge on any atom is 0.0983 e. The highest BCUT2D eigenvalue weighted by Gasteiger charge is 2.61. The van der Waals surface area contributed by atoms with E-state index in [-0.39, 0.29) is 0 Å². The average Bonchev–Trinajstić information content (AvgIpc) is 3.18. The van der Waals surface area contributed by atoms with Gasteiger partial charge in [-0.3, -0.25) is 5.01 Å². The third-order valence-electron chi connectivity index (χ3n) is 5.91. The minimum Gasteiger partial charge on any atom is -0.269 e. The Morgan fingerprint density at radius 3 is 2.90 bits per heavy atom. The van der Waals surface area contributed by atoms with Crippen molar-refractivity contribution in [3.8, 4) is 0 Å². The van der Waals surface area contributed by atoms with E-state index in [1.807, 2.05) is 0 Å². The first-order valence-electron chi connectivity index (χ1n) is 7.80. The van der Waals surface area contributed by atoms with Crippen LogP contribution in [-0.2, 0) is 6.54 Å². The van der Waals surface area contributed by atoms with Crippen molar-refractivity contribution in [1.82, 2.24) is 5.01 Å². The molecule has 20 heavy (non-hydrogen) atoms. The maximum atomic E-state index is 4.64. The zero-order valence-corrected chi connectivity index (χ0v) is 11.5. The molecule has 0 N–H and O–H groups in total. The van der Waals surface area contributed by atoms with Gasteiger partial charge in [0.05, 0.1) is 18.6 Å². The van der Waals surface area contributed by atoms with Crippen molar-refractivity contribution in [2.75, 3.05) is 0 Å². The lowest BCUT2D eigenvalue weighted by Crippen LogP contribution is -2.44. The topological polar surface area (TPSA) is 28.0 Å². The highest BCUT2D eigenvalue weighted by Crippen LogP contribution is 2.60. The molecule has 1 aromatic carbocycles. The van der Waals surface area contributed by atoms with Gasteiger partial charge in [0.15, 0.2) is 0 Å². The third kappa shape index (κ3) is 1.36. The second-order valence-electron chi connectivity index (χ2n) is 6.74. The van der Waals surface area contributed by atoms with Crippen molar-refractivity contribution in [2.45, 2.75) is 31.5 Å². The number of hydrogen-bond donors (Lipinski definition) is 0. The summed E-state index contributed by atoms with van der Waals surface area (Å²) in [4.78, 5) is 0. The zero-order chi connectivity index (χ0) is 13.1. The molecular weight excluding hydrogens is 246 g/mol. The SMILES string of the molecule is C1=C[C@@H]2[C@H]3C[C@@H]([C@H]2C1)[C@@H]1N=NN(Cc2ccccc2)[C@@H]31. The lowest BCUT2D eigenvalue weighted by Gasteiger charge is -2.35. The van der Waals surface area contributed by atoms with Gasteiger partial charge in [0.1, 0.15) is 0 Å². The summed E-state index contributed by atoms with van der Waals surface area (Å²) in [6.45, 7) is 0.913. The number of fused-ring (bicyclic) bond motifs is 8. The molecule has 2 saturated carbocycles. The Labute approximate surface area is 119 Å². The average molecular weight is 265 g/mol. The molecule has 3 nitrogen and oxygen atoms in total. The Morgan fingerprint density at radius 2 is 2.00 bits per heavy atom. The van der Waals surface area contributed by atoms with E-state index in [9.17, 15) is 0 Å². The summed E-state index contributed by atoms with van der Waals surface area (Å²) in [6, 6.07) is 11.7. The first-order chi connectivity index (χ1) is 9.92. The molecule has 0 saturated heterocycles. The monoisotopic (exact) mass is 265 g/mol. The van der Waals surface area contributed by atoms with Crippen LogP contribution in [0.2, 0.25) is 0 Å². The molecule has 3 aliphatic carbocycles. The van der Waals surface area contributed by atoms with E-state index in [1.54, 1.807) is 0 Å². The van der Waals surface area contributed by atoms with Crippen LogP contribution in [0, 0.1) is 23.7 Å². The van der Waals surface area contributed by atoms with Crippen molar-refractivity contribution < 1.29 is 0 Å². The molecule has 1 heterocycles. The number of allylic oxidation sites excluding steroid dienone is 2. The minimum atomic E-state index is 0.477. The zero-order valence-electron chi connectivity index (χ0n) is 11.5.